The maximum Gasteiger partial charge on any atom is 0.406 e. The van der Waals surface area contributed by atoms with Crippen LogP contribution in [0.2, 0.25) is 5.02 Å². The number of aromatic nitrogens is 3. The van der Waals surface area contributed by atoms with E-state index in [1.54, 1.807) is 35.2 Å². The molecular weight excluding hydrogens is 757 g/mol. The highest BCUT2D eigenvalue weighted by molar-refractivity contribution is 6.31. The van der Waals surface area contributed by atoms with Crippen LogP contribution < -0.4 is 4.90 Å². The third kappa shape index (κ3) is 7.74. The van der Waals surface area contributed by atoms with Crippen LogP contribution in [0.1, 0.15) is 37.5 Å². The summed E-state index contributed by atoms with van der Waals surface area (Å²) in [6, 6.07) is 23.3. The minimum atomic E-state index is -4.68. The SMILES string of the molecule is Cc1c(C(=O)N(c2ccc(O)cc2)c2cnc3c(ccn3C)c2)cc(-c2cc(Cl)ccc2C(=O)N2Cc3ccccc3C[C@H]2CN2CCOCC2)n1CC(F)(F)F. The van der Waals surface area contributed by atoms with Crippen LogP contribution in [0.15, 0.2) is 97.3 Å². The molecule has 1 fully saturated rings. The molecule has 3 aromatic heterocycles. The summed E-state index contributed by atoms with van der Waals surface area (Å²) < 4.78 is 51.9. The van der Waals surface area contributed by atoms with Crippen LogP contribution in [-0.2, 0) is 31.3 Å². The Labute approximate surface area is 332 Å². The summed E-state index contributed by atoms with van der Waals surface area (Å²) >= 11 is 6.57. The molecule has 294 valence electrons. The first-order valence-electron chi connectivity index (χ1n) is 18.6. The Hall–Kier alpha value is -5.63. The number of ether oxygens (including phenoxy) is 1. The van der Waals surface area contributed by atoms with Gasteiger partial charge >= 0.3 is 6.18 Å². The second-order valence-corrected chi connectivity index (χ2v) is 15.0. The number of carbonyl (C=O) groups excluding carboxylic acids is 2. The number of alkyl halides is 3. The molecule has 2 aliphatic rings. The van der Waals surface area contributed by atoms with Crippen molar-refractivity contribution in [3.63, 3.8) is 0 Å². The molecule has 14 heteroatoms. The largest absolute Gasteiger partial charge is 0.508 e. The molecule has 0 saturated carbocycles. The van der Waals surface area contributed by atoms with E-state index in [1.165, 1.54) is 42.3 Å². The molecule has 0 radical (unpaired) electrons. The highest BCUT2D eigenvalue weighted by Gasteiger charge is 2.36. The fraction of sp³-hybridized carbons (Fsp3) is 0.279. The van der Waals surface area contributed by atoms with Crippen LogP contribution in [0.4, 0.5) is 24.5 Å². The van der Waals surface area contributed by atoms with Crippen molar-refractivity contribution in [1.82, 2.24) is 23.9 Å². The zero-order valence-corrected chi connectivity index (χ0v) is 32.1. The Bertz CT molecular complexity index is 2470. The summed E-state index contributed by atoms with van der Waals surface area (Å²) in [5.74, 6) is -1.02. The zero-order valence-electron chi connectivity index (χ0n) is 31.3. The minimum absolute atomic E-state index is 0.0171. The van der Waals surface area contributed by atoms with Gasteiger partial charge in [-0.05, 0) is 85.1 Å². The Balaban J connectivity index is 1.24. The van der Waals surface area contributed by atoms with Gasteiger partial charge in [0, 0.05) is 78.4 Å². The number of nitrogens with zero attached hydrogens (tertiary/aromatic N) is 6. The van der Waals surface area contributed by atoms with Crippen LogP contribution in [0, 0.1) is 6.92 Å². The van der Waals surface area contributed by atoms with Gasteiger partial charge in [-0.3, -0.25) is 19.4 Å². The third-order valence-electron chi connectivity index (χ3n) is 10.9. The highest BCUT2D eigenvalue weighted by atomic mass is 35.5. The second-order valence-electron chi connectivity index (χ2n) is 14.6. The number of carbonyl (C=O) groups is 2. The van der Waals surface area contributed by atoms with E-state index in [0.29, 0.717) is 49.7 Å². The molecule has 1 atom stereocenters. The van der Waals surface area contributed by atoms with Gasteiger partial charge in [-0.1, -0.05) is 35.9 Å². The highest BCUT2D eigenvalue weighted by Crippen LogP contribution is 2.38. The van der Waals surface area contributed by atoms with Gasteiger partial charge in [-0.25, -0.2) is 4.98 Å². The number of aryl methyl sites for hydroxylation is 1. The predicted molar refractivity (Wildman–Crippen MR) is 212 cm³/mol. The molecule has 1 saturated heterocycles. The molecule has 6 aromatic rings. The van der Waals surface area contributed by atoms with Gasteiger partial charge in [0.05, 0.1) is 36.4 Å². The van der Waals surface area contributed by atoms with Gasteiger partial charge in [0.2, 0.25) is 0 Å². The molecular formula is C43H40ClF3N6O4. The first-order chi connectivity index (χ1) is 27.3. The number of morpholine rings is 1. The number of halogens is 4. The lowest BCUT2D eigenvalue weighted by molar-refractivity contribution is -0.140. The number of phenolic OH excluding ortho intramolecular Hbond substituents is 1. The normalized spacial score (nSPS) is 16.2. The smallest absolute Gasteiger partial charge is 0.406 e. The van der Waals surface area contributed by atoms with E-state index in [1.807, 2.05) is 42.1 Å². The van der Waals surface area contributed by atoms with Crippen molar-refractivity contribution < 1.29 is 32.6 Å². The first kappa shape index (κ1) is 38.3. The summed E-state index contributed by atoms with van der Waals surface area (Å²) in [6.45, 7) is 3.60. The van der Waals surface area contributed by atoms with Crippen molar-refractivity contribution in [2.75, 3.05) is 37.7 Å². The Morgan fingerprint density at radius 2 is 1.68 bits per heavy atom. The van der Waals surface area contributed by atoms with Crippen molar-refractivity contribution in [3.8, 4) is 17.0 Å². The van der Waals surface area contributed by atoms with Crippen molar-refractivity contribution in [2.24, 2.45) is 7.05 Å². The summed E-state index contributed by atoms with van der Waals surface area (Å²) in [4.78, 5) is 39.8. The van der Waals surface area contributed by atoms with E-state index in [9.17, 15) is 27.9 Å². The molecule has 5 heterocycles. The molecule has 0 unspecified atom stereocenters. The molecule has 0 aliphatic carbocycles. The second kappa shape index (κ2) is 15.4. The maximum absolute atomic E-state index is 14.9. The van der Waals surface area contributed by atoms with Gasteiger partial charge in [0.1, 0.15) is 17.9 Å². The molecule has 0 bridgehead atoms. The first-order valence-corrected chi connectivity index (χ1v) is 19.0. The fourth-order valence-corrected chi connectivity index (χ4v) is 8.15. The molecule has 10 nitrogen and oxygen atoms in total. The lowest BCUT2D eigenvalue weighted by Gasteiger charge is -2.40. The summed E-state index contributed by atoms with van der Waals surface area (Å²) in [7, 11) is 1.84. The molecule has 3 aromatic carbocycles. The fourth-order valence-electron chi connectivity index (χ4n) is 7.98. The summed E-state index contributed by atoms with van der Waals surface area (Å²) in [5, 5.41) is 11.0. The van der Waals surface area contributed by atoms with E-state index in [0.717, 1.165) is 34.2 Å². The number of anilines is 2. The van der Waals surface area contributed by atoms with Crippen molar-refractivity contribution in [2.45, 2.75) is 38.7 Å². The Kier molecular flexibility index (Phi) is 10.3. The average molecular weight is 797 g/mol. The van der Waals surface area contributed by atoms with Gasteiger partial charge < -0.3 is 23.9 Å². The van der Waals surface area contributed by atoms with Gasteiger partial charge in [-0.15, -0.1) is 0 Å². The van der Waals surface area contributed by atoms with Gasteiger partial charge in [0.15, 0.2) is 0 Å². The number of fused-ring (bicyclic) bond motifs is 2. The quantitative estimate of drug-likeness (QED) is 0.167. The zero-order chi connectivity index (χ0) is 40.0. The topological polar surface area (TPSA) is 96.1 Å². The van der Waals surface area contributed by atoms with E-state index in [2.05, 4.69) is 16.0 Å². The van der Waals surface area contributed by atoms with Gasteiger partial charge in [0.25, 0.3) is 11.8 Å². The van der Waals surface area contributed by atoms with Crippen LogP contribution in [0.25, 0.3) is 22.3 Å². The number of phenols is 1. The molecule has 2 amide bonds. The number of hydrogen-bond acceptors (Lipinski definition) is 6. The van der Waals surface area contributed by atoms with Crippen molar-refractivity contribution in [1.29, 1.82) is 0 Å². The van der Waals surface area contributed by atoms with Gasteiger partial charge in [-0.2, -0.15) is 13.2 Å². The van der Waals surface area contributed by atoms with Crippen LogP contribution in [0.3, 0.4) is 0 Å². The number of amides is 2. The van der Waals surface area contributed by atoms with E-state index in [-0.39, 0.29) is 50.8 Å². The van der Waals surface area contributed by atoms with E-state index < -0.39 is 18.6 Å². The number of pyridine rings is 1. The summed E-state index contributed by atoms with van der Waals surface area (Å²) in [6.07, 6.45) is -0.714. The number of hydrogen-bond donors (Lipinski definition) is 1. The van der Waals surface area contributed by atoms with Crippen LogP contribution >= 0.6 is 11.6 Å². The number of benzene rings is 3. The Morgan fingerprint density at radius 1 is 0.947 bits per heavy atom. The van der Waals surface area contributed by atoms with Crippen LogP contribution in [0.5, 0.6) is 5.75 Å². The number of aromatic hydroxyl groups is 1. The lowest BCUT2D eigenvalue weighted by Crippen LogP contribution is -2.52. The van der Waals surface area contributed by atoms with Crippen LogP contribution in [-0.4, -0.2) is 85.9 Å². The van der Waals surface area contributed by atoms with E-state index >= 15 is 0 Å². The average Bonchev–Trinajstić information content (AvgIpc) is 3.72. The minimum Gasteiger partial charge on any atom is -0.508 e. The molecule has 1 N–H and O–H groups in total. The standard InChI is InChI=1S/C43H40ClF3N6O4/c1-27-37(42(56)53(32-8-10-35(54)11-9-32)33-20-29-13-14-49(2)40(29)48-23-33)22-39(52(27)26-43(45,46)47)38-21-31(44)7-12-36(38)41(55)51-24-30-6-4-3-5-28(30)19-34(51)25-50-15-17-57-18-16-50/h3-14,20-23,34,54H,15-19,24-26H2,1-2H3/t34-/m0/s1. The third-order valence-corrected chi connectivity index (χ3v) is 11.1. The van der Waals surface area contributed by atoms with E-state index in [4.69, 9.17) is 16.3 Å². The van der Waals surface area contributed by atoms with Crippen molar-refractivity contribution >= 4 is 45.8 Å². The monoisotopic (exact) mass is 796 g/mol. The molecule has 57 heavy (non-hydrogen) atoms. The number of rotatable bonds is 8. The lowest BCUT2D eigenvalue weighted by atomic mass is 9.92. The predicted octanol–water partition coefficient (Wildman–Crippen LogP) is 8.15. The molecule has 2 aliphatic heterocycles. The summed E-state index contributed by atoms with van der Waals surface area (Å²) in [5.41, 5.74) is 3.92. The van der Waals surface area contributed by atoms with Crippen molar-refractivity contribution in [3.05, 3.63) is 130 Å². The maximum atomic E-state index is 14.9. The Morgan fingerprint density at radius 3 is 2.42 bits per heavy atom. The molecule has 8 rings (SSSR count). The molecule has 0 spiro atoms.